The molecule has 1 aliphatic heterocycles. The third-order valence-electron chi connectivity index (χ3n) is 4.25. The van der Waals surface area contributed by atoms with Crippen LogP contribution in [0.1, 0.15) is 12.8 Å². The quantitative estimate of drug-likeness (QED) is 0.823. The van der Waals surface area contributed by atoms with Crippen molar-refractivity contribution in [1.82, 2.24) is 10.2 Å². The average molecular weight is 293 g/mol. The van der Waals surface area contributed by atoms with Gasteiger partial charge in [0, 0.05) is 51.0 Å². The van der Waals surface area contributed by atoms with Crippen molar-refractivity contribution in [3.8, 4) is 0 Å². The molecular formula is C16H24FN3O. The van der Waals surface area contributed by atoms with E-state index in [1.807, 2.05) is 12.1 Å². The van der Waals surface area contributed by atoms with Crippen molar-refractivity contribution < 1.29 is 9.50 Å². The average Bonchev–Trinajstić information content (AvgIpc) is 3.31. The first-order chi connectivity index (χ1) is 10.2. The Morgan fingerprint density at radius 2 is 1.81 bits per heavy atom. The fraction of sp³-hybridized carbons (Fsp3) is 0.625. The van der Waals surface area contributed by atoms with Gasteiger partial charge < -0.3 is 15.3 Å². The van der Waals surface area contributed by atoms with E-state index in [4.69, 9.17) is 0 Å². The fourth-order valence-electron chi connectivity index (χ4n) is 2.79. The van der Waals surface area contributed by atoms with Gasteiger partial charge in [-0.05, 0) is 37.1 Å². The van der Waals surface area contributed by atoms with Gasteiger partial charge in [0.1, 0.15) is 5.82 Å². The van der Waals surface area contributed by atoms with E-state index in [0.717, 1.165) is 38.4 Å². The summed E-state index contributed by atoms with van der Waals surface area (Å²) in [5, 5.41) is 13.4. The maximum atomic E-state index is 12.9. The zero-order chi connectivity index (χ0) is 14.7. The Bertz CT molecular complexity index is 441. The van der Waals surface area contributed by atoms with Crippen LogP contribution < -0.4 is 10.2 Å². The lowest BCUT2D eigenvalue weighted by atomic mass is 10.2. The number of hydrogen-bond acceptors (Lipinski definition) is 4. The third kappa shape index (κ3) is 4.40. The van der Waals surface area contributed by atoms with Gasteiger partial charge in [0.05, 0.1) is 6.10 Å². The number of hydrogen-bond donors (Lipinski definition) is 2. The van der Waals surface area contributed by atoms with Gasteiger partial charge in [-0.1, -0.05) is 0 Å². The van der Waals surface area contributed by atoms with Gasteiger partial charge in [0.25, 0.3) is 0 Å². The number of aliphatic hydroxyl groups excluding tert-OH is 1. The van der Waals surface area contributed by atoms with Crippen molar-refractivity contribution in [2.75, 3.05) is 44.2 Å². The van der Waals surface area contributed by atoms with Gasteiger partial charge in [-0.15, -0.1) is 0 Å². The predicted molar refractivity (Wildman–Crippen MR) is 82.1 cm³/mol. The zero-order valence-corrected chi connectivity index (χ0v) is 12.3. The summed E-state index contributed by atoms with van der Waals surface area (Å²) in [6, 6.07) is 7.33. The highest BCUT2D eigenvalue weighted by molar-refractivity contribution is 5.46. The van der Waals surface area contributed by atoms with Crippen molar-refractivity contribution in [3.63, 3.8) is 0 Å². The molecule has 1 saturated carbocycles. The highest BCUT2D eigenvalue weighted by atomic mass is 19.1. The summed E-state index contributed by atoms with van der Waals surface area (Å²) < 4.78 is 12.9. The minimum atomic E-state index is -0.289. The number of halogens is 1. The van der Waals surface area contributed by atoms with E-state index >= 15 is 0 Å². The number of anilines is 1. The molecule has 0 bridgehead atoms. The Hall–Kier alpha value is -1.17. The summed E-state index contributed by atoms with van der Waals surface area (Å²) in [4.78, 5) is 4.57. The lowest BCUT2D eigenvalue weighted by Gasteiger charge is -2.37. The molecule has 1 atom stereocenters. The molecule has 0 amide bonds. The summed E-state index contributed by atoms with van der Waals surface area (Å²) in [6.07, 6.45) is 2.22. The molecule has 1 aromatic carbocycles. The van der Waals surface area contributed by atoms with E-state index in [1.165, 1.54) is 25.0 Å². The largest absolute Gasteiger partial charge is 0.390 e. The second-order valence-electron chi connectivity index (χ2n) is 6.10. The maximum Gasteiger partial charge on any atom is 0.123 e. The molecule has 2 aliphatic rings. The molecule has 1 aromatic rings. The molecule has 1 unspecified atom stereocenters. The number of rotatable bonds is 6. The van der Waals surface area contributed by atoms with Gasteiger partial charge in [-0.25, -0.2) is 4.39 Å². The molecule has 116 valence electrons. The third-order valence-corrected chi connectivity index (χ3v) is 4.25. The first-order valence-electron chi connectivity index (χ1n) is 7.85. The van der Waals surface area contributed by atoms with Crippen LogP contribution in [0.2, 0.25) is 0 Å². The number of benzene rings is 1. The monoisotopic (exact) mass is 293 g/mol. The van der Waals surface area contributed by atoms with Gasteiger partial charge in [0.2, 0.25) is 0 Å². The van der Waals surface area contributed by atoms with Crippen molar-refractivity contribution in [2.24, 2.45) is 0 Å². The zero-order valence-electron chi connectivity index (χ0n) is 12.3. The molecule has 3 rings (SSSR count). The van der Waals surface area contributed by atoms with Crippen LogP contribution in [0, 0.1) is 5.82 Å². The SMILES string of the molecule is OC(CNC1CC1)CN1CCN(c2ccc(F)cc2)CC1. The normalized spacial score (nSPS) is 21.5. The molecule has 2 fully saturated rings. The van der Waals surface area contributed by atoms with Crippen molar-refractivity contribution in [3.05, 3.63) is 30.1 Å². The van der Waals surface area contributed by atoms with Crippen molar-refractivity contribution >= 4 is 5.69 Å². The van der Waals surface area contributed by atoms with Crippen molar-refractivity contribution in [2.45, 2.75) is 25.0 Å². The Labute approximate surface area is 125 Å². The van der Waals surface area contributed by atoms with E-state index < -0.39 is 0 Å². The van der Waals surface area contributed by atoms with E-state index in [9.17, 15) is 9.50 Å². The van der Waals surface area contributed by atoms with Crippen LogP contribution in [-0.4, -0.2) is 61.4 Å². The molecule has 1 saturated heterocycles. The highest BCUT2D eigenvalue weighted by Gasteiger charge is 2.23. The molecule has 5 heteroatoms. The molecule has 0 spiro atoms. The summed E-state index contributed by atoms with van der Waals surface area (Å²) in [5.74, 6) is -0.191. The first-order valence-corrected chi connectivity index (χ1v) is 7.85. The summed E-state index contributed by atoms with van der Waals surface area (Å²) in [6.45, 7) is 5.17. The summed E-state index contributed by atoms with van der Waals surface area (Å²) in [7, 11) is 0. The number of aliphatic hydroxyl groups is 1. The van der Waals surface area contributed by atoms with Crippen LogP contribution in [0.4, 0.5) is 10.1 Å². The van der Waals surface area contributed by atoms with E-state index in [0.29, 0.717) is 12.6 Å². The van der Waals surface area contributed by atoms with Crippen LogP contribution in [0.15, 0.2) is 24.3 Å². The van der Waals surface area contributed by atoms with E-state index in [-0.39, 0.29) is 11.9 Å². The van der Waals surface area contributed by atoms with Crippen LogP contribution in [0.5, 0.6) is 0 Å². The molecule has 2 N–H and O–H groups in total. The molecule has 0 radical (unpaired) electrons. The number of piperazine rings is 1. The molecule has 4 nitrogen and oxygen atoms in total. The van der Waals surface area contributed by atoms with Crippen LogP contribution in [0.25, 0.3) is 0 Å². The summed E-state index contributed by atoms with van der Waals surface area (Å²) >= 11 is 0. The van der Waals surface area contributed by atoms with Gasteiger partial charge in [0.15, 0.2) is 0 Å². The standard InChI is InChI=1S/C16H24FN3O/c17-13-1-5-15(6-2-13)20-9-7-19(8-10-20)12-16(21)11-18-14-3-4-14/h1-2,5-6,14,16,18,21H,3-4,7-12H2. The highest BCUT2D eigenvalue weighted by Crippen LogP contribution is 2.19. The molecule has 1 aliphatic carbocycles. The van der Waals surface area contributed by atoms with E-state index in [2.05, 4.69) is 15.1 Å². The molecule has 21 heavy (non-hydrogen) atoms. The Balaban J connectivity index is 1.40. The van der Waals surface area contributed by atoms with Gasteiger partial charge in [-0.3, -0.25) is 4.90 Å². The molecular weight excluding hydrogens is 269 g/mol. The smallest absolute Gasteiger partial charge is 0.123 e. The Kier molecular flexibility index (Phi) is 4.73. The predicted octanol–water partition coefficient (Wildman–Crippen LogP) is 1.06. The molecule has 0 aromatic heterocycles. The molecule has 1 heterocycles. The van der Waals surface area contributed by atoms with Crippen molar-refractivity contribution in [1.29, 1.82) is 0 Å². The van der Waals surface area contributed by atoms with Gasteiger partial charge in [-0.2, -0.15) is 0 Å². The topological polar surface area (TPSA) is 38.7 Å². The summed E-state index contributed by atoms with van der Waals surface area (Å²) in [5.41, 5.74) is 1.08. The maximum absolute atomic E-state index is 12.9. The second kappa shape index (κ2) is 6.73. The van der Waals surface area contributed by atoms with E-state index in [1.54, 1.807) is 0 Å². The fourth-order valence-corrected chi connectivity index (χ4v) is 2.79. The minimum Gasteiger partial charge on any atom is -0.390 e. The lowest BCUT2D eigenvalue weighted by molar-refractivity contribution is 0.107. The second-order valence-corrected chi connectivity index (χ2v) is 6.10. The van der Waals surface area contributed by atoms with Gasteiger partial charge >= 0.3 is 0 Å². The first kappa shape index (κ1) is 14.8. The lowest BCUT2D eigenvalue weighted by Crippen LogP contribution is -2.49. The number of nitrogens with one attached hydrogen (secondary N) is 1. The minimum absolute atomic E-state index is 0.191. The Morgan fingerprint density at radius 1 is 1.14 bits per heavy atom. The van der Waals surface area contributed by atoms with Crippen LogP contribution in [0.3, 0.4) is 0 Å². The van der Waals surface area contributed by atoms with Crippen LogP contribution >= 0.6 is 0 Å². The Morgan fingerprint density at radius 3 is 2.43 bits per heavy atom. The van der Waals surface area contributed by atoms with Crippen LogP contribution in [-0.2, 0) is 0 Å². The number of β-amino-alcohol motifs (C(OH)–C–C–N with tert-alkyl or cyclic N) is 1. The number of nitrogens with zero attached hydrogens (tertiary/aromatic N) is 2.